The van der Waals surface area contributed by atoms with Gasteiger partial charge in [-0.05, 0) is 30.2 Å². The van der Waals surface area contributed by atoms with E-state index in [0.29, 0.717) is 24.0 Å². The van der Waals surface area contributed by atoms with Gasteiger partial charge in [0.25, 0.3) is 16.0 Å². The first-order valence-electron chi connectivity index (χ1n) is 6.15. The maximum atomic E-state index is 12.2. The molecule has 20 heavy (non-hydrogen) atoms. The number of carbonyl (C=O) groups is 1. The number of likely N-dealkylation sites (N-methyl/N-ethyl adjacent to an activating group) is 1. The molecule has 2 heterocycles. The van der Waals surface area contributed by atoms with E-state index in [9.17, 15) is 13.2 Å². The van der Waals surface area contributed by atoms with Gasteiger partial charge in [0.1, 0.15) is 5.69 Å². The number of carbonyl (C=O) groups excluding carboxylic acids is 1. The first-order chi connectivity index (χ1) is 9.30. The summed E-state index contributed by atoms with van der Waals surface area (Å²) in [6, 6.07) is 4.39. The van der Waals surface area contributed by atoms with Gasteiger partial charge >= 0.3 is 0 Å². The quantitative estimate of drug-likeness (QED) is 0.797. The molecule has 0 saturated heterocycles. The molecule has 0 unspecified atom stereocenters. The van der Waals surface area contributed by atoms with Crippen LogP contribution >= 0.6 is 0 Å². The van der Waals surface area contributed by atoms with Crippen molar-refractivity contribution < 1.29 is 17.8 Å². The Morgan fingerprint density at radius 1 is 1.25 bits per heavy atom. The third-order valence-electron chi connectivity index (χ3n) is 3.82. The van der Waals surface area contributed by atoms with Gasteiger partial charge in [-0.1, -0.05) is 0 Å². The summed E-state index contributed by atoms with van der Waals surface area (Å²) in [4.78, 5) is 13.7. The molecule has 1 aromatic carbocycles. The third kappa shape index (κ3) is 1.74. The number of benzene rings is 1. The largest absolute Gasteiger partial charge is 0.340 e. The smallest absolute Gasteiger partial charge is 0.294 e. The molecule has 7 heteroatoms. The van der Waals surface area contributed by atoms with Gasteiger partial charge in [0.15, 0.2) is 0 Å². The lowest BCUT2D eigenvalue weighted by atomic mass is 10.0. The van der Waals surface area contributed by atoms with Gasteiger partial charge in [0.2, 0.25) is 0 Å². The lowest BCUT2D eigenvalue weighted by molar-refractivity contribution is 0.0771. The summed E-state index contributed by atoms with van der Waals surface area (Å²) in [6.45, 7) is 0.598. The lowest BCUT2D eigenvalue weighted by Crippen LogP contribution is -2.35. The fraction of sp³-hybridized carbons (Fsp3) is 0.308. The van der Waals surface area contributed by atoms with Crippen molar-refractivity contribution >= 4 is 26.9 Å². The number of hydrogen-bond acceptors (Lipinski definition) is 3. The zero-order valence-electron chi connectivity index (χ0n) is 11.1. The molecule has 1 amide bonds. The van der Waals surface area contributed by atoms with Gasteiger partial charge in [0.05, 0.1) is 4.90 Å². The minimum Gasteiger partial charge on any atom is -0.340 e. The van der Waals surface area contributed by atoms with E-state index in [1.807, 2.05) is 0 Å². The van der Waals surface area contributed by atoms with Gasteiger partial charge in [0, 0.05) is 31.5 Å². The maximum absolute atomic E-state index is 12.2. The average Bonchev–Trinajstić information content (AvgIpc) is 2.66. The summed E-state index contributed by atoms with van der Waals surface area (Å²) < 4.78 is 33.4. The number of fused-ring (bicyclic) bond motifs is 3. The number of nitrogens with zero attached hydrogens (tertiary/aromatic N) is 2. The van der Waals surface area contributed by atoms with Crippen LogP contribution < -0.4 is 0 Å². The molecule has 3 rings (SSSR count). The van der Waals surface area contributed by atoms with Crippen molar-refractivity contribution in [3.05, 3.63) is 29.5 Å². The van der Waals surface area contributed by atoms with Gasteiger partial charge in [-0.25, -0.2) is 0 Å². The maximum Gasteiger partial charge on any atom is 0.294 e. The molecular weight excluding hydrogens is 280 g/mol. The normalized spacial score (nSPS) is 15.8. The summed E-state index contributed by atoms with van der Waals surface area (Å²) in [5.41, 5.74) is 2.21. The SMILES string of the molecule is CN1CCc2c(n(C)c3ccc(S(=O)(=O)O)cc23)C1=O. The molecule has 1 aliphatic heterocycles. The van der Waals surface area contributed by atoms with Crippen LogP contribution in [-0.2, 0) is 23.6 Å². The predicted octanol–water partition coefficient (Wildman–Crippen LogP) is 1.05. The fourth-order valence-electron chi connectivity index (χ4n) is 2.75. The lowest BCUT2D eigenvalue weighted by Gasteiger charge is -2.23. The zero-order chi connectivity index (χ0) is 14.7. The van der Waals surface area contributed by atoms with E-state index in [1.165, 1.54) is 12.1 Å². The molecule has 106 valence electrons. The highest BCUT2D eigenvalue weighted by atomic mass is 32.2. The summed E-state index contributed by atoms with van der Waals surface area (Å²) >= 11 is 0. The number of rotatable bonds is 1. The molecule has 1 aromatic heterocycles. The Bertz CT molecular complexity index is 836. The zero-order valence-corrected chi connectivity index (χ0v) is 11.9. The van der Waals surface area contributed by atoms with E-state index in [2.05, 4.69) is 0 Å². The van der Waals surface area contributed by atoms with E-state index in [0.717, 1.165) is 11.1 Å². The summed E-state index contributed by atoms with van der Waals surface area (Å²) in [6.07, 6.45) is 0.670. The molecule has 0 radical (unpaired) electrons. The van der Waals surface area contributed by atoms with Crippen molar-refractivity contribution in [1.82, 2.24) is 9.47 Å². The van der Waals surface area contributed by atoms with Crippen LogP contribution in [0.25, 0.3) is 10.9 Å². The Balaban J connectivity index is 2.36. The Labute approximate surface area is 116 Å². The Morgan fingerprint density at radius 2 is 1.95 bits per heavy atom. The van der Waals surface area contributed by atoms with Crippen LogP contribution in [0.15, 0.2) is 23.1 Å². The van der Waals surface area contributed by atoms with Crippen LogP contribution in [0.5, 0.6) is 0 Å². The molecule has 6 nitrogen and oxygen atoms in total. The van der Waals surface area contributed by atoms with Crippen LogP contribution in [0.1, 0.15) is 16.1 Å². The molecule has 1 aliphatic rings. The minimum atomic E-state index is -4.24. The third-order valence-corrected chi connectivity index (χ3v) is 4.67. The second kappa shape index (κ2) is 4.07. The van der Waals surface area contributed by atoms with Crippen LogP contribution in [0.2, 0.25) is 0 Å². The van der Waals surface area contributed by atoms with Gasteiger partial charge in [-0.3, -0.25) is 9.35 Å². The molecule has 0 spiro atoms. The van der Waals surface area contributed by atoms with E-state index in [1.54, 1.807) is 29.6 Å². The number of amides is 1. The summed E-state index contributed by atoms with van der Waals surface area (Å²) in [7, 11) is -0.715. The topological polar surface area (TPSA) is 79.6 Å². The molecule has 0 fully saturated rings. The predicted molar refractivity (Wildman–Crippen MR) is 73.4 cm³/mol. The highest BCUT2D eigenvalue weighted by Crippen LogP contribution is 2.31. The Kier molecular flexibility index (Phi) is 2.67. The van der Waals surface area contributed by atoms with Crippen molar-refractivity contribution in [3.63, 3.8) is 0 Å². The highest BCUT2D eigenvalue weighted by molar-refractivity contribution is 7.85. The number of aromatic nitrogens is 1. The standard InChI is InChI=1S/C13H14N2O4S/c1-14-6-5-9-10-7-8(20(17,18)19)3-4-11(10)15(2)12(9)13(14)16/h3-4,7H,5-6H2,1-2H3,(H,17,18,19). The van der Waals surface area contributed by atoms with Crippen molar-refractivity contribution in [2.24, 2.45) is 7.05 Å². The van der Waals surface area contributed by atoms with E-state index in [-0.39, 0.29) is 10.8 Å². The van der Waals surface area contributed by atoms with Crippen LogP contribution in [-0.4, -0.2) is 41.9 Å². The van der Waals surface area contributed by atoms with E-state index >= 15 is 0 Å². The van der Waals surface area contributed by atoms with Crippen molar-refractivity contribution in [1.29, 1.82) is 0 Å². The van der Waals surface area contributed by atoms with Crippen LogP contribution in [0.4, 0.5) is 0 Å². The molecule has 0 atom stereocenters. The summed E-state index contributed by atoms with van der Waals surface area (Å²) in [5.74, 6) is -0.0710. The first kappa shape index (κ1) is 13.1. The van der Waals surface area contributed by atoms with Crippen molar-refractivity contribution in [3.8, 4) is 0 Å². The van der Waals surface area contributed by atoms with Gasteiger partial charge in [-0.15, -0.1) is 0 Å². The molecule has 0 bridgehead atoms. The first-order valence-corrected chi connectivity index (χ1v) is 7.59. The molecular formula is C13H14N2O4S. The van der Waals surface area contributed by atoms with Crippen molar-refractivity contribution in [2.45, 2.75) is 11.3 Å². The Hall–Kier alpha value is -1.86. The van der Waals surface area contributed by atoms with Crippen molar-refractivity contribution in [2.75, 3.05) is 13.6 Å². The number of aryl methyl sites for hydroxylation is 1. The highest BCUT2D eigenvalue weighted by Gasteiger charge is 2.28. The second-order valence-electron chi connectivity index (χ2n) is 5.02. The second-order valence-corrected chi connectivity index (χ2v) is 6.44. The van der Waals surface area contributed by atoms with E-state index < -0.39 is 10.1 Å². The van der Waals surface area contributed by atoms with Gasteiger partial charge in [-0.2, -0.15) is 8.42 Å². The molecule has 2 aromatic rings. The van der Waals surface area contributed by atoms with Crippen LogP contribution in [0, 0.1) is 0 Å². The Morgan fingerprint density at radius 3 is 2.60 bits per heavy atom. The fourth-order valence-corrected chi connectivity index (χ4v) is 3.25. The monoisotopic (exact) mass is 294 g/mol. The minimum absolute atomic E-state index is 0.0710. The molecule has 1 N–H and O–H groups in total. The molecule has 0 saturated carbocycles. The van der Waals surface area contributed by atoms with Gasteiger partial charge < -0.3 is 9.47 Å². The van der Waals surface area contributed by atoms with Crippen LogP contribution in [0.3, 0.4) is 0 Å². The average molecular weight is 294 g/mol. The number of hydrogen-bond donors (Lipinski definition) is 1. The summed E-state index contributed by atoms with van der Waals surface area (Å²) in [5, 5.41) is 0.707. The van der Waals surface area contributed by atoms with E-state index in [4.69, 9.17) is 4.55 Å². The molecule has 0 aliphatic carbocycles.